The Morgan fingerprint density at radius 2 is 1.88 bits per heavy atom. The molecule has 1 saturated heterocycles. The van der Waals surface area contributed by atoms with E-state index in [0.717, 1.165) is 5.82 Å². The number of aromatic nitrogens is 1. The smallest absolute Gasteiger partial charge is 0.354 e. The van der Waals surface area contributed by atoms with Gasteiger partial charge in [-0.05, 0) is 25.0 Å². The van der Waals surface area contributed by atoms with E-state index < -0.39 is 23.2 Å². The molecule has 0 amide bonds. The van der Waals surface area contributed by atoms with Crippen LogP contribution in [0.2, 0.25) is 5.02 Å². The first kappa shape index (κ1) is 20.5. The van der Waals surface area contributed by atoms with Gasteiger partial charge in [-0.25, -0.2) is 13.4 Å². The maximum Gasteiger partial charge on any atom is 0.696 e. The molecule has 1 aliphatic heterocycles. The summed E-state index contributed by atoms with van der Waals surface area (Å²) in [6, 6.07) is 3.52. The minimum Gasteiger partial charge on any atom is -0.354 e. The monoisotopic (exact) mass is 410 g/mol. The molecule has 0 saturated carbocycles. The van der Waals surface area contributed by atoms with Gasteiger partial charge < -0.3 is 4.90 Å². The maximum absolute atomic E-state index is 13.0. The Balaban J connectivity index is 2.14. The van der Waals surface area contributed by atoms with Crippen LogP contribution in [-0.4, -0.2) is 53.7 Å². The summed E-state index contributed by atoms with van der Waals surface area (Å²) < 4.78 is 43.4. The summed E-state index contributed by atoms with van der Waals surface area (Å²) in [5.41, 5.74) is 0. The number of pyridine rings is 1. The summed E-state index contributed by atoms with van der Waals surface area (Å²) in [5, 5.41) is 0.538. The average molecular weight is 411 g/mol. The van der Waals surface area contributed by atoms with Crippen molar-refractivity contribution >= 4 is 35.7 Å². The first-order chi connectivity index (χ1) is 11.8. The molecule has 1 unspecified atom stereocenters. The second-order valence-corrected chi connectivity index (χ2v) is 8.98. The number of sulfonamides is 1. The van der Waals surface area contributed by atoms with Gasteiger partial charge in [-0.1, -0.05) is 30.0 Å². The Labute approximate surface area is 153 Å². The normalized spacial score (nSPS) is 17.6. The van der Waals surface area contributed by atoms with Gasteiger partial charge in [0.1, 0.15) is 5.82 Å². The summed E-state index contributed by atoms with van der Waals surface area (Å²) in [5.74, 6) is 0.730. The fourth-order valence-corrected chi connectivity index (χ4v) is 5.95. The van der Waals surface area contributed by atoms with Crippen molar-refractivity contribution in [2.45, 2.75) is 31.6 Å². The van der Waals surface area contributed by atoms with Gasteiger partial charge in [-0.15, -0.1) is 4.89 Å². The average Bonchev–Trinajstić information content (AvgIpc) is 2.60. The second-order valence-electron chi connectivity index (χ2n) is 5.67. The topological polar surface area (TPSA) is 100 Å². The molecule has 0 spiro atoms. The third-order valence-corrected chi connectivity index (χ3v) is 7.90. The van der Waals surface area contributed by atoms with Crippen LogP contribution in [0.5, 0.6) is 0 Å². The van der Waals surface area contributed by atoms with E-state index in [1.54, 1.807) is 32.2 Å². The standard InChI is InChI=1S/C14H21ClN3O5PS/c1-3-14(4-2,23-24(19)20)25(21,22)18-9-7-17(8-10-18)13-6-5-12(15)11-16-13/h5-6,11H,3-4,7-10H2,1-2H3/p+1. The van der Waals surface area contributed by atoms with E-state index in [2.05, 4.69) is 4.98 Å². The van der Waals surface area contributed by atoms with Crippen LogP contribution in [0.3, 0.4) is 0 Å². The summed E-state index contributed by atoms with van der Waals surface area (Å²) in [6.45, 7) is 4.69. The molecule has 0 bridgehead atoms. The van der Waals surface area contributed by atoms with Gasteiger partial charge in [0.15, 0.2) is 0 Å². The molecule has 1 aromatic heterocycles. The van der Waals surface area contributed by atoms with Crippen molar-refractivity contribution in [1.29, 1.82) is 0 Å². The van der Waals surface area contributed by atoms with Crippen molar-refractivity contribution in [2.75, 3.05) is 31.1 Å². The predicted octanol–water partition coefficient (Wildman–Crippen LogP) is 2.37. The molecule has 11 heteroatoms. The lowest BCUT2D eigenvalue weighted by Crippen LogP contribution is -2.55. The van der Waals surface area contributed by atoms with Gasteiger partial charge in [0, 0.05) is 36.9 Å². The van der Waals surface area contributed by atoms with Gasteiger partial charge >= 0.3 is 8.25 Å². The summed E-state index contributed by atoms with van der Waals surface area (Å²) in [7, 11) is -6.92. The SMILES string of the molecule is CCC(CC)(O[P+](=O)O)S(=O)(=O)N1CCN(c2ccc(Cl)cn2)CC1. The lowest BCUT2D eigenvalue weighted by Gasteiger charge is -2.38. The van der Waals surface area contributed by atoms with E-state index >= 15 is 0 Å². The molecule has 25 heavy (non-hydrogen) atoms. The van der Waals surface area contributed by atoms with Gasteiger partial charge in [0.05, 0.1) is 5.02 Å². The molecule has 1 aromatic rings. The van der Waals surface area contributed by atoms with Crippen LogP contribution in [0.4, 0.5) is 5.82 Å². The van der Waals surface area contributed by atoms with Gasteiger partial charge in [0.2, 0.25) is 15.0 Å². The van der Waals surface area contributed by atoms with E-state index in [9.17, 15) is 13.0 Å². The van der Waals surface area contributed by atoms with Crippen LogP contribution in [0, 0.1) is 0 Å². The quantitative estimate of drug-likeness (QED) is 0.688. The van der Waals surface area contributed by atoms with E-state index in [0.29, 0.717) is 18.1 Å². The van der Waals surface area contributed by atoms with Crippen molar-refractivity contribution in [2.24, 2.45) is 0 Å². The number of nitrogens with zero attached hydrogens (tertiary/aromatic N) is 3. The zero-order valence-corrected chi connectivity index (χ0v) is 16.6. The molecule has 8 nitrogen and oxygen atoms in total. The number of piperazine rings is 1. The largest absolute Gasteiger partial charge is 0.696 e. The highest BCUT2D eigenvalue weighted by Gasteiger charge is 2.52. The number of rotatable bonds is 7. The molecule has 0 aromatic carbocycles. The maximum atomic E-state index is 13.0. The Morgan fingerprint density at radius 1 is 1.28 bits per heavy atom. The predicted molar refractivity (Wildman–Crippen MR) is 96.2 cm³/mol. The third kappa shape index (κ3) is 4.30. The van der Waals surface area contributed by atoms with Crippen LogP contribution < -0.4 is 4.90 Å². The first-order valence-corrected chi connectivity index (χ1v) is 10.9. The van der Waals surface area contributed by atoms with Gasteiger partial charge in [-0.2, -0.15) is 4.31 Å². The lowest BCUT2D eigenvalue weighted by molar-refractivity contribution is 0.126. The molecule has 1 N–H and O–H groups in total. The highest BCUT2D eigenvalue weighted by molar-refractivity contribution is 7.90. The summed E-state index contributed by atoms with van der Waals surface area (Å²) in [4.78, 5) is 13.6. The van der Waals surface area contributed by atoms with Crippen LogP contribution in [0.15, 0.2) is 18.3 Å². The highest BCUT2D eigenvalue weighted by Crippen LogP contribution is 2.38. The number of halogens is 1. The lowest BCUT2D eigenvalue weighted by atomic mass is 10.2. The fourth-order valence-electron chi connectivity index (χ4n) is 2.88. The van der Waals surface area contributed by atoms with Crippen LogP contribution >= 0.6 is 19.9 Å². The summed E-state index contributed by atoms with van der Waals surface area (Å²) in [6.07, 6.45) is 1.73. The van der Waals surface area contributed by atoms with Crippen molar-refractivity contribution < 1.29 is 22.4 Å². The molecular weight excluding hydrogens is 389 g/mol. The number of hydrogen-bond donors (Lipinski definition) is 1. The van der Waals surface area contributed by atoms with E-state index in [1.165, 1.54) is 4.31 Å². The molecule has 2 heterocycles. The second kappa shape index (κ2) is 8.24. The van der Waals surface area contributed by atoms with Gasteiger partial charge in [-0.3, -0.25) is 0 Å². The van der Waals surface area contributed by atoms with Crippen molar-refractivity contribution in [1.82, 2.24) is 9.29 Å². The Morgan fingerprint density at radius 3 is 2.32 bits per heavy atom. The molecule has 2 rings (SSSR count). The van der Waals surface area contributed by atoms with E-state index in [1.807, 2.05) is 4.90 Å². The van der Waals surface area contributed by atoms with Crippen molar-refractivity contribution in [3.05, 3.63) is 23.4 Å². The molecular formula is C14H22ClN3O5PS+. The third-order valence-electron chi connectivity index (χ3n) is 4.41. The number of anilines is 1. The van der Waals surface area contributed by atoms with Gasteiger partial charge in [0.25, 0.3) is 0 Å². The van der Waals surface area contributed by atoms with E-state index in [-0.39, 0.29) is 25.9 Å². The Kier molecular flexibility index (Phi) is 6.75. The minimum atomic E-state index is -3.89. The van der Waals surface area contributed by atoms with Crippen molar-refractivity contribution in [3.8, 4) is 0 Å². The first-order valence-electron chi connectivity index (χ1n) is 7.97. The molecule has 0 radical (unpaired) electrons. The van der Waals surface area contributed by atoms with Crippen molar-refractivity contribution in [3.63, 3.8) is 0 Å². The molecule has 140 valence electrons. The Bertz CT molecular complexity index is 704. The molecule has 1 aliphatic rings. The van der Waals surface area contributed by atoms with Crippen LogP contribution in [0.25, 0.3) is 0 Å². The Hall–Kier alpha value is -0.830. The molecule has 0 aliphatic carbocycles. The molecule has 1 fully saturated rings. The summed E-state index contributed by atoms with van der Waals surface area (Å²) >= 11 is 5.83. The molecule has 1 atom stereocenters. The van der Waals surface area contributed by atoms with Crippen LogP contribution in [-0.2, 0) is 19.1 Å². The zero-order valence-electron chi connectivity index (χ0n) is 14.1. The number of hydrogen-bond acceptors (Lipinski definition) is 6. The fraction of sp³-hybridized carbons (Fsp3) is 0.643. The minimum absolute atomic E-state index is 0.0897. The highest BCUT2D eigenvalue weighted by atomic mass is 35.5. The van der Waals surface area contributed by atoms with E-state index in [4.69, 9.17) is 21.0 Å². The zero-order chi connectivity index (χ0) is 18.7. The van der Waals surface area contributed by atoms with Crippen LogP contribution in [0.1, 0.15) is 26.7 Å².